The maximum atomic E-state index is 10.5. The first-order chi connectivity index (χ1) is 6.06. The van der Waals surface area contributed by atoms with Gasteiger partial charge in [-0.3, -0.25) is 10.1 Å². The monoisotopic (exact) mass is 307 g/mol. The van der Waals surface area contributed by atoms with Gasteiger partial charge in [-0.1, -0.05) is 15.9 Å². The van der Waals surface area contributed by atoms with E-state index < -0.39 is 4.92 Å². The Morgan fingerprint density at radius 2 is 2.15 bits per heavy atom. The van der Waals surface area contributed by atoms with E-state index in [0.717, 1.165) is 11.1 Å². The maximum absolute atomic E-state index is 10.5. The summed E-state index contributed by atoms with van der Waals surface area (Å²) in [6, 6.07) is 3.34. The van der Waals surface area contributed by atoms with Crippen LogP contribution in [0.1, 0.15) is 11.1 Å². The molecule has 0 amide bonds. The van der Waals surface area contributed by atoms with Crippen LogP contribution < -0.4 is 0 Å². The van der Waals surface area contributed by atoms with Crippen LogP contribution in [0.25, 0.3) is 0 Å². The zero-order valence-corrected chi connectivity index (χ0v) is 10.1. The number of nitro benzene ring substituents is 1. The molecule has 0 heterocycles. The lowest BCUT2D eigenvalue weighted by Gasteiger charge is -2.03. The van der Waals surface area contributed by atoms with E-state index in [9.17, 15) is 10.1 Å². The summed E-state index contributed by atoms with van der Waals surface area (Å²) in [5.41, 5.74) is 2.09. The predicted molar refractivity (Wildman–Crippen MR) is 58.2 cm³/mol. The number of nitrogens with zero attached hydrogens (tertiary/aromatic N) is 1. The molecule has 0 aliphatic rings. The van der Waals surface area contributed by atoms with Gasteiger partial charge < -0.3 is 0 Å². The number of alkyl halides is 1. The highest BCUT2D eigenvalue weighted by atomic mass is 79.9. The van der Waals surface area contributed by atoms with Crippen LogP contribution in [0.5, 0.6) is 0 Å². The van der Waals surface area contributed by atoms with E-state index in [2.05, 4.69) is 31.9 Å². The van der Waals surface area contributed by atoms with Crippen molar-refractivity contribution in [2.45, 2.75) is 12.3 Å². The molecule has 0 bridgehead atoms. The van der Waals surface area contributed by atoms with Crippen LogP contribution >= 0.6 is 31.9 Å². The first kappa shape index (κ1) is 10.7. The molecule has 0 aromatic heterocycles. The molecule has 1 rings (SSSR count). The van der Waals surface area contributed by atoms with Gasteiger partial charge in [-0.15, -0.1) is 0 Å². The molecule has 70 valence electrons. The summed E-state index contributed by atoms with van der Waals surface area (Å²) in [4.78, 5) is 10.1. The minimum atomic E-state index is -0.394. The highest BCUT2D eigenvalue weighted by Gasteiger charge is 2.13. The normalized spacial score (nSPS) is 10.1. The van der Waals surface area contributed by atoms with E-state index in [0.29, 0.717) is 9.80 Å². The first-order valence-electron chi connectivity index (χ1n) is 3.55. The second-order valence-electron chi connectivity index (χ2n) is 2.62. The highest BCUT2D eigenvalue weighted by Crippen LogP contribution is 2.28. The molecule has 13 heavy (non-hydrogen) atoms. The lowest BCUT2D eigenvalue weighted by molar-refractivity contribution is -0.385. The summed E-state index contributed by atoms with van der Waals surface area (Å²) in [6.45, 7) is 1.86. The van der Waals surface area contributed by atoms with Crippen LogP contribution in [-0.4, -0.2) is 4.92 Å². The standard InChI is InChI=1S/C8H7Br2NO2/c1-5-2-8(11(12)13)7(10)3-6(5)4-9/h2-3H,4H2,1H3. The zero-order valence-electron chi connectivity index (χ0n) is 6.88. The molecule has 1 aromatic rings. The van der Waals surface area contributed by atoms with Crippen LogP contribution in [0.3, 0.4) is 0 Å². The molecule has 0 N–H and O–H groups in total. The molecule has 0 aliphatic heterocycles. The second kappa shape index (κ2) is 4.19. The van der Waals surface area contributed by atoms with Gasteiger partial charge in [-0.25, -0.2) is 0 Å². The summed E-state index contributed by atoms with van der Waals surface area (Å²) >= 11 is 6.47. The van der Waals surface area contributed by atoms with Gasteiger partial charge in [0.2, 0.25) is 0 Å². The zero-order chi connectivity index (χ0) is 10.0. The van der Waals surface area contributed by atoms with Gasteiger partial charge in [-0.05, 0) is 40.0 Å². The first-order valence-corrected chi connectivity index (χ1v) is 5.47. The van der Waals surface area contributed by atoms with Crippen LogP contribution in [-0.2, 0) is 5.33 Å². The van der Waals surface area contributed by atoms with E-state index in [1.54, 1.807) is 12.1 Å². The highest BCUT2D eigenvalue weighted by molar-refractivity contribution is 9.10. The quantitative estimate of drug-likeness (QED) is 0.476. The maximum Gasteiger partial charge on any atom is 0.283 e. The van der Waals surface area contributed by atoms with E-state index in [1.807, 2.05) is 6.92 Å². The van der Waals surface area contributed by atoms with Crippen molar-refractivity contribution >= 4 is 37.5 Å². The Morgan fingerprint density at radius 1 is 1.54 bits per heavy atom. The minimum Gasteiger partial charge on any atom is -0.258 e. The van der Waals surface area contributed by atoms with Gasteiger partial charge in [0, 0.05) is 11.4 Å². The molecule has 5 heteroatoms. The van der Waals surface area contributed by atoms with Gasteiger partial charge in [0.25, 0.3) is 5.69 Å². The Bertz CT molecular complexity index is 352. The van der Waals surface area contributed by atoms with Crippen molar-refractivity contribution in [3.63, 3.8) is 0 Å². The molecule has 0 saturated heterocycles. The third kappa shape index (κ3) is 2.28. The molecule has 0 unspecified atom stereocenters. The van der Waals surface area contributed by atoms with Crippen molar-refractivity contribution in [1.82, 2.24) is 0 Å². The Labute approximate surface area is 92.5 Å². The molecule has 0 aliphatic carbocycles. The molecule has 3 nitrogen and oxygen atoms in total. The number of rotatable bonds is 2. The summed E-state index contributed by atoms with van der Waals surface area (Å²) in [6.07, 6.45) is 0. The number of hydrogen-bond acceptors (Lipinski definition) is 2. The largest absolute Gasteiger partial charge is 0.283 e. The summed E-state index contributed by atoms with van der Waals surface area (Å²) in [5.74, 6) is 0. The summed E-state index contributed by atoms with van der Waals surface area (Å²) in [5, 5.41) is 11.2. The van der Waals surface area contributed by atoms with Gasteiger partial charge in [0.15, 0.2) is 0 Å². The van der Waals surface area contributed by atoms with Gasteiger partial charge in [0.1, 0.15) is 0 Å². The molecule has 0 spiro atoms. The smallest absolute Gasteiger partial charge is 0.258 e. The van der Waals surface area contributed by atoms with Gasteiger partial charge in [0.05, 0.1) is 9.40 Å². The Balaban J connectivity index is 3.28. The van der Waals surface area contributed by atoms with Crippen molar-refractivity contribution in [2.24, 2.45) is 0 Å². The van der Waals surface area contributed by atoms with Crippen LogP contribution in [0.2, 0.25) is 0 Å². The SMILES string of the molecule is Cc1cc([N+](=O)[O-])c(Br)cc1CBr. The number of nitro groups is 1. The van der Waals surface area contributed by atoms with E-state index in [-0.39, 0.29) is 5.69 Å². The van der Waals surface area contributed by atoms with E-state index >= 15 is 0 Å². The average Bonchev–Trinajstić information content (AvgIpc) is 2.07. The fraction of sp³-hybridized carbons (Fsp3) is 0.250. The van der Waals surface area contributed by atoms with Crippen molar-refractivity contribution in [1.29, 1.82) is 0 Å². The van der Waals surface area contributed by atoms with Crippen LogP contribution in [0, 0.1) is 17.0 Å². The molecule has 0 saturated carbocycles. The fourth-order valence-corrected chi connectivity index (χ4v) is 2.13. The topological polar surface area (TPSA) is 43.1 Å². The molecular formula is C8H7Br2NO2. The van der Waals surface area contributed by atoms with Gasteiger partial charge in [-0.2, -0.15) is 0 Å². The number of benzene rings is 1. The second-order valence-corrected chi connectivity index (χ2v) is 4.04. The van der Waals surface area contributed by atoms with Crippen molar-refractivity contribution in [3.8, 4) is 0 Å². The average molecular weight is 309 g/mol. The van der Waals surface area contributed by atoms with Crippen molar-refractivity contribution in [2.75, 3.05) is 0 Å². The lowest BCUT2D eigenvalue weighted by Crippen LogP contribution is -1.93. The Morgan fingerprint density at radius 3 is 2.62 bits per heavy atom. The molecule has 0 radical (unpaired) electrons. The van der Waals surface area contributed by atoms with Crippen LogP contribution in [0.4, 0.5) is 5.69 Å². The predicted octanol–water partition coefficient (Wildman–Crippen LogP) is 3.56. The summed E-state index contributed by atoms with van der Waals surface area (Å²) in [7, 11) is 0. The molecular weight excluding hydrogens is 302 g/mol. The number of aryl methyl sites for hydroxylation is 1. The molecule has 1 aromatic carbocycles. The number of hydrogen-bond donors (Lipinski definition) is 0. The summed E-state index contributed by atoms with van der Waals surface area (Å²) < 4.78 is 0.526. The third-order valence-electron chi connectivity index (χ3n) is 1.75. The van der Waals surface area contributed by atoms with E-state index in [4.69, 9.17) is 0 Å². The minimum absolute atomic E-state index is 0.113. The van der Waals surface area contributed by atoms with Crippen molar-refractivity contribution < 1.29 is 4.92 Å². The Hall–Kier alpha value is -0.420. The van der Waals surface area contributed by atoms with Gasteiger partial charge >= 0.3 is 0 Å². The molecule has 0 atom stereocenters. The van der Waals surface area contributed by atoms with E-state index in [1.165, 1.54) is 0 Å². The fourth-order valence-electron chi connectivity index (χ4n) is 0.991. The van der Waals surface area contributed by atoms with Crippen molar-refractivity contribution in [3.05, 3.63) is 37.8 Å². The third-order valence-corrected chi connectivity index (χ3v) is 2.99. The van der Waals surface area contributed by atoms with Crippen LogP contribution in [0.15, 0.2) is 16.6 Å². The molecule has 0 fully saturated rings. The number of halogens is 2. The Kier molecular flexibility index (Phi) is 3.44. The lowest BCUT2D eigenvalue weighted by atomic mass is 10.1.